The minimum Gasteiger partial charge on any atom is -0.386 e. The summed E-state index contributed by atoms with van der Waals surface area (Å²) >= 11 is 0. The van der Waals surface area contributed by atoms with Crippen LogP contribution in [0.25, 0.3) is 10.9 Å². The lowest BCUT2D eigenvalue weighted by Crippen LogP contribution is -2.79. The van der Waals surface area contributed by atoms with Gasteiger partial charge in [0.1, 0.15) is 23.9 Å². The number of carbonyl (C=O) groups excluding carboxylic acids is 1. The molecule has 51 heavy (non-hydrogen) atoms. The summed E-state index contributed by atoms with van der Waals surface area (Å²) < 4.78 is 33.6. The first-order valence-electron chi connectivity index (χ1n) is 19.7. The standard InChI is InChI=1S/C43H57NO7/c1-20(2)16-29-48-33-35(39(8,9)49-29)47-28-14-15-40(10)41(11)22(17-21(3)43(40,46)42(28)36(33)50-42)18-25-30-24-19-26-31(38(6,7)51-37(26,4)5)32(45)23(24)12-13-27(30)44-34(25)41/h12-13,16,21-22,26,28-29,31,33,35-36,44,46H,14-15,17-19H2,1-11H3/t21-,22-,26?,28?,29-,31?,33+,35-,36+,40+,41+,42-,43-/m0/s1. The lowest BCUT2D eigenvalue weighted by Gasteiger charge is -2.68. The number of rotatable bonds is 1. The molecule has 4 aliphatic heterocycles. The van der Waals surface area contributed by atoms with Gasteiger partial charge >= 0.3 is 0 Å². The average molecular weight is 700 g/mol. The van der Waals surface area contributed by atoms with Crippen molar-refractivity contribution < 1.29 is 33.6 Å². The molecule has 0 amide bonds. The first kappa shape index (κ1) is 33.5. The number of H-pyrrole nitrogens is 1. The number of epoxide rings is 1. The number of hydrogen-bond donors (Lipinski definition) is 2. The van der Waals surface area contributed by atoms with E-state index < -0.39 is 39.7 Å². The first-order valence-corrected chi connectivity index (χ1v) is 19.7. The summed E-state index contributed by atoms with van der Waals surface area (Å²) in [5, 5.41) is 15.0. The molecule has 5 heterocycles. The molecule has 4 saturated heterocycles. The summed E-state index contributed by atoms with van der Waals surface area (Å²) in [6.45, 7) is 23.8. The van der Waals surface area contributed by atoms with Crippen molar-refractivity contribution in [1.82, 2.24) is 4.98 Å². The Labute approximate surface area is 302 Å². The summed E-state index contributed by atoms with van der Waals surface area (Å²) in [6.07, 6.45) is 4.65. The second kappa shape index (κ2) is 9.59. The van der Waals surface area contributed by atoms with Crippen LogP contribution in [0.5, 0.6) is 0 Å². The predicted octanol–water partition coefficient (Wildman–Crippen LogP) is 7.12. The highest BCUT2D eigenvalue weighted by Gasteiger charge is 2.88. The Morgan fingerprint density at radius 3 is 2.39 bits per heavy atom. The van der Waals surface area contributed by atoms with Gasteiger partial charge in [-0.05, 0) is 129 Å². The predicted molar refractivity (Wildman–Crippen MR) is 193 cm³/mol. The Hall–Kier alpha value is -2.07. The quantitative estimate of drug-likeness (QED) is 0.242. The maximum atomic E-state index is 14.3. The number of allylic oxidation sites excluding steroid dienone is 1. The highest BCUT2D eigenvalue weighted by molar-refractivity contribution is 6.06. The van der Waals surface area contributed by atoms with E-state index in [-0.39, 0.29) is 53.4 Å². The molecule has 2 aromatic rings. The van der Waals surface area contributed by atoms with Gasteiger partial charge in [-0.1, -0.05) is 26.3 Å². The van der Waals surface area contributed by atoms with Crippen LogP contribution in [0.2, 0.25) is 0 Å². The molecule has 8 aliphatic rings. The fraction of sp³-hybridized carbons (Fsp3) is 0.744. The Kier molecular flexibility index (Phi) is 6.30. The number of aromatic nitrogens is 1. The lowest BCUT2D eigenvalue weighted by molar-refractivity contribution is -0.347. The first-order chi connectivity index (χ1) is 23.7. The SMILES string of the molecule is CC(C)=C[C@H]1O[C@H]2[C@H]3O[C@@]34C(CC[C@@]3(C)[C@@]4(O)[C@@H](C)C[C@H]4Cc5c([nH]c6ccc7c(c56)CC5C(C7=O)C(C)(C)OC5(C)C)[C@@]43C)O[C@@H]2C(C)(C)O1. The van der Waals surface area contributed by atoms with Crippen LogP contribution in [0.15, 0.2) is 23.8 Å². The lowest BCUT2D eigenvalue weighted by atomic mass is 9.38. The Morgan fingerprint density at radius 2 is 1.67 bits per heavy atom. The van der Waals surface area contributed by atoms with E-state index in [1.807, 2.05) is 6.08 Å². The molecular weight excluding hydrogens is 642 g/mol. The van der Waals surface area contributed by atoms with E-state index in [1.165, 1.54) is 22.2 Å². The molecule has 6 fully saturated rings. The van der Waals surface area contributed by atoms with Crippen LogP contribution in [0, 0.1) is 29.1 Å². The molecule has 0 bridgehead atoms. The highest BCUT2D eigenvalue weighted by Crippen LogP contribution is 2.76. The molecule has 1 aromatic heterocycles. The number of ether oxygens (including phenoxy) is 5. The molecule has 10 rings (SSSR count). The second-order valence-electron chi connectivity index (χ2n) is 20.1. The van der Waals surface area contributed by atoms with Gasteiger partial charge in [-0.3, -0.25) is 4.79 Å². The minimum absolute atomic E-state index is 0.0138. The summed E-state index contributed by atoms with van der Waals surface area (Å²) in [5.74, 6) is 0.521. The average Bonchev–Trinajstić information content (AvgIpc) is 3.53. The van der Waals surface area contributed by atoms with E-state index in [2.05, 4.69) is 93.3 Å². The smallest absolute Gasteiger partial charge is 0.178 e. The van der Waals surface area contributed by atoms with Crippen LogP contribution >= 0.6 is 0 Å². The Balaban J connectivity index is 1.08. The zero-order valence-electron chi connectivity index (χ0n) is 32.4. The number of hydrogen-bond acceptors (Lipinski definition) is 7. The molecule has 3 unspecified atom stereocenters. The number of aromatic amines is 1. The number of ketones is 1. The summed E-state index contributed by atoms with van der Waals surface area (Å²) in [4.78, 5) is 18.3. The third kappa shape index (κ3) is 3.67. The maximum Gasteiger partial charge on any atom is 0.178 e. The molecule has 8 heteroatoms. The summed E-state index contributed by atoms with van der Waals surface area (Å²) in [6, 6.07) is 4.19. The largest absolute Gasteiger partial charge is 0.386 e. The van der Waals surface area contributed by atoms with E-state index in [9.17, 15) is 9.90 Å². The number of carbonyl (C=O) groups is 1. The second-order valence-corrected chi connectivity index (χ2v) is 20.1. The Morgan fingerprint density at radius 1 is 0.922 bits per heavy atom. The van der Waals surface area contributed by atoms with E-state index in [0.717, 1.165) is 48.8 Å². The molecule has 2 saturated carbocycles. The molecule has 2 N–H and O–H groups in total. The van der Waals surface area contributed by atoms with Crippen molar-refractivity contribution in [3.8, 4) is 0 Å². The third-order valence-corrected chi connectivity index (χ3v) is 16.3. The van der Waals surface area contributed by atoms with Gasteiger partial charge in [-0.25, -0.2) is 0 Å². The highest BCUT2D eigenvalue weighted by atomic mass is 16.8. The minimum atomic E-state index is -1.15. The van der Waals surface area contributed by atoms with Crippen molar-refractivity contribution in [2.24, 2.45) is 29.1 Å². The number of fused-ring (bicyclic) bond motifs is 12. The number of benzene rings is 1. The maximum absolute atomic E-state index is 14.3. The van der Waals surface area contributed by atoms with E-state index >= 15 is 0 Å². The third-order valence-electron chi connectivity index (χ3n) is 16.3. The molecule has 13 atom stereocenters. The zero-order valence-corrected chi connectivity index (χ0v) is 32.4. The van der Waals surface area contributed by atoms with Crippen molar-refractivity contribution in [3.63, 3.8) is 0 Å². The van der Waals surface area contributed by atoms with Crippen molar-refractivity contribution in [2.75, 3.05) is 0 Å². The summed E-state index contributed by atoms with van der Waals surface area (Å²) in [5.41, 5.74) is 2.55. The molecule has 0 radical (unpaired) electrons. The van der Waals surface area contributed by atoms with Crippen LogP contribution in [-0.2, 0) is 41.9 Å². The van der Waals surface area contributed by atoms with Crippen LogP contribution in [0.4, 0.5) is 0 Å². The van der Waals surface area contributed by atoms with E-state index in [0.29, 0.717) is 5.92 Å². The van der Waals surface area contributed by atoms with Crippen LogP contribution < -0.4 is 0 Å². The molecule has 1 spiro atoms. The van der Waals surface area contributed by atoms with Crippen molar-refractivity contribution >= 4 is 16.7 Å². The number of nitrogens with one attached hydrogen (secondary N) is 1. The van der Waals surface area contributed by atoms with Gasteiger partial charge in [0.15, 0.2) is 17.7 Å². The zero-order chi connectivity index (χ0) is 36.2. The number of aliphatic hydroxyl groups is 1. The molecular formula is C43H57NO7. The van der Waals surface area contributed by atoms with Crippen LogP contribution in [-0.4, -0.2) is 74.6 Å². The van der Waals surface area contributed by atoms with Gasteiger partial charge in [0, 0.05) is 38.9 Å². The normalized spacial score (nSPS) is 49.0. The fourth-order valence-electron chi connectivity index (χ4n) is 14.1. The van der Waals surface area contributed by atoms with Gasteiger partial charge in [-0.15, -0.1) is 0 Å². The molecule has 4 aliphatic carbocycles. The van der Waals surface area contributed by atoms with Gasteiger partial charge in [0.05, 0.1) is 28.8 Å². The van der Waals surface area contributed by atoms with Gasteiger partial charge in [-0.2, -0.15) is 0 Å². The van der Waals surface area contributed by atoms with Crippen molar-refractivity contribution in [3.05, 3.63) is 46.2 Å². The molecule has 1 aromatic carbocycles. The van der Waals surface area contributed by atoms with E-state index in [1.54, 1.807) is 0 Å². The van der Waals surface area contributed by atoms with Gasteiger partial charge < -0.3 is 33.8 Å². The van der Waals surface area contributed by atoms with Gasteiger partial charge in [0.25, 0.3) is 0 Å². The van der Waals surface area contributed by atoms with Crippen molar-refractivity contribution in [1.29, 1.82) is 0 Å². The summed E-state index contributed by atoms with van der Waals surface area (Å²) in [7, 11) is 0. The van der Waals surface area contributed by atoms with E-state index in [4.69, 9.17) is 23.7 Å². The Bertz CT molecular complexity index is 1940. The number of Topliss-reactive ketones (excluding diaryl/α,β-unsaturated/α-hetero) is 1. The monoisotopic (exact) mass is 699 g/mol. The molecule has 276 valence electrons. The fourth-order valence-corrected chi connectivity index (χ4v) is 14.1. The van der Waals surface area contributed by atoms with Crippen LogP contribution in [0.1, 0.15) is 123 Å². The molecule has 8 nitrogen and oxygen atoms in total. The van der Waals surface area contributed by atoms with Gasteiger partial charge in [0.2, 0.25) is 0 Å². The van der Waals surface area contributed by atoms with Crippen molar-refractivity contribution in [2.45, 2.75) is 172 Å². The van der Waals surface area contributed by atoms with Crippen LogP contribution in [0.3, 0.4) is 0 Å². The topological polar surface area (TPSA) is 103 Å².